The Labute approximate surface area is 113 Å². The highest BCUT2D eigenvalue weighted by Gasteiger charge is 2.08. The Morgan fingerprint density at radius 2 is 2.00 bits per heavy atom. The molecule has 2 aromatic rings. The fourth-order valence-corrected chi connectivity index (χ4v) is 1.58. The highest BCUT2D eigenvalue weighted by molar-refractivity contribution is 6.32. The van der Waals surface area contributed by atoms with E-state index in [1.165, 1.54) is 30.5 Å². The second kappa shape index (κ2) is 5.25. The number of carbonyl (C=O) groups is 1. The number of rotatable bonds is 2. The van der Waals surface area contributed by atoms with Crippen LogP contribution in [-0.2, 0) is 0 Å². The summed E-state index contributed by atoms with van der Waals surface area (Å²) in [4.78, 5) is 15.7. The Morgan fingerprint density at radius 3 is 2.61 bits per heavy atom. The largest absolute Gasteiger partial charge is 0.506 e. The summed E-state index contributed by atoms with van der Waals surface area (Å²) >= 11 is 11.4. The lowest BCUT2D eigenvalue weighted by Gasteiger charge is -2.05. The van der Waals surface area contributed by atoms with Gasteiger partial charge in [0, 0.05) is 11.9 Å². The molecule has 0 saturated carbocycles. The highest BCUT2D eigenvalue weighted by atomic mass is 35.5. The average molecular weight is 283 g/mol. The Balaban J connectivity index is 2.16. The van der Waals surface area contributed by atoms with Crippen molar-refractivity contribution in [3.63, 3.8) is 0 Å². The first-order valence-corrected chi connectivity index (χ1v) is 5.73. The van der Waals surface area contributed by atoms with Crippen LogP contribution >= 0.6 is 23.2 Å². The summed E-state index contributed by atoms with van der Waals surface area (Å²) in [6.45, 7) is 0. The fraction of sp³-hybridized carbons (Fsp3) is 0. The molecule has 0 aliphatic rings. The Morgan fingerprint density at radius 1 is 1.22 bits per heavy atom. The number of nitrogens with one attached hydrogen (secondary N) is 1. The highest BCUT2D eigenvalue weighted by Crippen LogP contribution is 2.26. The molecule has 92 valence electrons. The molecule has 0 aliphatic heterocycles. The molecule has 0 radical (unpaired) electrons. The molecule has 18 heavy (non-hydrogen) atoms. The summed E-state index contributed by atoms with van der Waals surface area (Å²) in [5, 5.41) is 12.5. The maximum absolute atomic E-state index is 11.8. The van der Waals surface area contributed by atoms with Gasteiger partial charge in [-0.05, 0) is 30.3 Å². The van der Waals surface area contributed by atoms with Crippen LogP contribution in [-0.4, -0.2) is 16.0 Å². The molecule has 2 rings (SSSR count). The van der Waals surface area contributed by atoms with Crippen molar-refractivity contribution >= 4 is 34.8 Å². The zero-order valence-corrected chi connectivity index (χ0v) is 10.5. The number of benzene rings is 1. The molecule has 6 heteroatoms. The van der Waals surface area contributed by atoms with Crippen molar-refractivity contribution in [3.8, 4) is 5.75 Å². The third kappa shape index (κ3) is 2.91. The molecule has 0 saturated heterocycles. The van der Waals surface area contributed by atoms with Gasteiger partial charge in [0.15, 0.2) is 0 Å². The Kier molecular flexibility index (Phi) is 3.69. The fourth-order valence-electron chi connectivity index (χ4n) is 1.29. The van der Waals surface area contributed by atoms with Crippen LogP contribution in [0, 0.1) is 0 Å². The molecule has 4 nitrogen and oxygen atoms in total. The van der Waals surface area contributed by atoms with E-state index in [-0.39, 0.29) is 22.4 Å². The minimum Gasteiger partial charge on any atom is -0.506 e. The van der Waals surface area contributed by atoms with E-state index in [2.05, 4.69) is 10.3 Å². The summed E-state index contributed by atoms with van der Waals surface area (Å²) in [5.74, 6) is -0.423. The van der Waals surface area contributed by atoms with Crippen LogP contribution in [0.3, 0.4) is 0 Å². The molecule has 0 unspecified atom stereocenters. The van der Waals surface area contributed by atoms with E-state index in [0.29, 0.717) is 10.7 Å². The SMILES string of the molecule is O=C(Nc1ccc(O)c(Cl)c1)c1ccc(Cl)cn1. The second-order valence-corrected chi connectivity index (χ2v) is 4.33. The number of nitrogens with zero attached hydrogens (tertiary/aromatic N) is 1. The molecule has 1 aromatic carbocycles. The molecule has 0 atom stereocenters. The Bertz CT molecular complexity index is 585. The van der Waals surface area contributed by atoms with Crippen LogP contribution in [0.25, 0.3) is 0 Å². The maximum Gasteiger partial charge on any atom is 0.274 e. The number of hydrogen-bond acceptors (Lipinski definition) is 3. The van der Waals surface area contributed by atoms with Crippen molar-refractivity contribution in [2.45, 2.75) is 0 Å². The molecule has 0 aliphatic carbocycles. The van der Waals surface area contributed by atoms with Gasteiger partial charge >= 0.3 is 0 Å². The molecular formula is C12H8Cl2N2O2. The molecule has 1 aromatic heterocycles. The molecule has 1 amide bonds. The van der Waals surface area contributed by atoms with E-state index >= 15 is 0 Å². The van der Waals surface area contributed by atoms with Crippen LogP contribution in [0.4, 0.5) is 5.69 Å². The number of amides is 1. The van der Waals surface area contributed by atoms with E-state index in [1.807, 2.05) is 0 Å². The van der Waals surface area contributed by atoms with Gasteiger partial charge in [-0.1, -0.05) is 23.2 Å². The first-order chi connectivity index (χ1) is 8.56. The van der Waals surface area contributed by atoms with Gasteiger partial charge < -0.3 is 10.4 Å². The van der Waals surface area contributed by atoms with Gasteiger partial charge in [0.05, 0.1) is 10.0 Å². The first kappa shape index (κ1) is 12.7. The van der Waals surface area contributed by atoms with Crippen LogP contribution in [0.2, 0.25) is 10.0 Å². The number of aromatic hydroxyl groups is 1. The molecule has 0 spiro atoms. The zero-order valence-electron chi connectivity index (χ0n) is 9.02. The van der Waals surface area contributed by atoms with E-state index in [4.69, 9.17) is 23.2 Å². The third-order valence-corrected chi connectivity index (χ3v) is 2.69. The molecule has 1 heterocycles. The number of aromatic nitrogens is 1. The van der Waals surface area contributed by atoms with Crippen molar-refractivity contribution in [2.24, 2.45) is 0 Å². The number of anilines is 1. The van der Waals surface area contributed by atoms with Crippen LogP contribution in [0.15, 0.2) is 36.5 Å². The van der Waals surface area contributed by atoms with E-state index in [0.717, 1.165) is 0 Å². The van der Waals surface area contributed by atoms with E-state index < -0.39 is 0 Å². The van der Waals surface area contributed by atoms with Gasteiger partial charge in [-0.25, -0.2) is 4.98 Å². The van der Waals surface area contributed by atoms with Gasteiger partial charge in [-0.15, -0.1) is 0 Å². The minimum absolute atomic E-state index is 0.0423. The number of carbonyl (C=O) groups excluding carboxylic acids is 1. The quantitative estimate of drug-likeness (QED) is 0.831. The van der Waals surface area contributed by atoms with Crippen molar-refractivity contribution in [1.29, 1.82) is 0 Å². The maximum atomic E-state index is 11.8. The summed E-state index contributed by atoms with van der Waals surface area (Å²) in [6, 6.07) is 7.47. The second-order valence-electron chi connectivity index (χ2n) is 3.48. The van der Waals surface area contributed by atoms with E-state index in [1.54, 1.807) is 6.07 Å². The molecular weight excluding hydrogens is 275 g/mol. The van der Waals surface area contributed by atoms with Crippen LogP contribution < -0.4 is 5.32 Å². The summed E-state index contributed by atoms with van der Waals surface area (Å²) in [7, 11) is 0. The smallest absolute Gasteiger partial charge is 0.274 e. The molecule has 0 fully saturated rings. The van der Waals surface area contributed by atoms with Crippen LogP contribution in [0.1, 0.15) is 10.5 Å². The normalized spacial score (nSPS) is 10.1. The van der Waals surface area contributed by atoms with E-state index in [9.17, 15) is 9.90 Å². The number of phenolic OH excluding ortho intramolecular Hbond substituents is 1. The topological polar surface area (TPSA) is 62.2 Å². The van der Waals surface area contributed by atoms with Gasteiger partial charge in [-0.3, -0.25) is 4.79 Å². The summed E-state index contributed by atoms with van der Waals surface area (Å²) in [5.41, 5.74) is 0.711. The van der Waals surface area contributed by atoms with Crippen molar-refractivity contribution < 1.29 is 9.90 Å². The average Bonchev–Trinajstić information content (AvgIpc) is 2.34. The van der Waals surface area contributed by atoms with Gasteiger partial charge in [0.2, 0.25) is 0 Å². The predicted octanol–water partition coefficient (Wildman–Crippen LogP) is 3.35. The summed E-state index contributed by atoms with van der Waals surface area (Å²) in [6.07, 6.45) is 1.39. The number of hydrogen-bond donors (Lipinski definition) is 2. The van der Waals surface area contributed by atoms with Crippen molar-refractivity contribution in [3.05, 3.63) is 52.3 Å². The lowest BCUT2D eigenvalue weighted by Crippen LogP contribution is -2.13. The lowest BCUT2D eigenvalue weighted by atomic mass is 10.3. The monoisotopic (exact) mass is 282 g/mol. The standard InChI is InChI=1S/C12H8Cl2N2O2/c13-7-1-3-10(15-6-7)12(18)16-8-2-4-11(17)9(14)5-8/h1-6,17H,(H,16,18). The summed E-state index contributed by atoms with van der Waals surface area (Å²) < 4.78 is 0. The molecule has 2 N–H and O–H groups in total. The minimum atomic E-state index is -0.381. The zero-order chi connectivity index (χ0) is 13.1. The van der Waals surface area contributed by atoms with Crippen molar-refractivity contribution in [2.75, 3.05) is 5.32 Å². The lowest BCUT2D eigenvalue weighted by molar-refractivity contribution is 0.102. The number of phenols is 1. The number of halogens is 2. The van der Waals surface area contributed by atoms with Gasteiger partial charge in [-0.2, -0.15) is 0 Å². The Hall–Kier alpha value is -1.78. The van der Waals surface area contributed by atoms with Crippen molar-refractivity contribution in [1.82, 2.24) is 4.98 Å². The third-order valence-electron chi connectivity index (χ3n) is 2.17. The first-order valence-electron chi connectivity index (χ1n) is 4.97. The predicted molar refractivity (Wildman–Crippen MR) is 70.3 cm³/mol. The van der Waals surface area contributed by atoms with Gasteiger partial charge in [0.25, 0.3) is 5.91 Å². The molecule has 0 bridgehead atoms. The number of pyridine rings is 1. The van der Waals surface area contributed by atoms with Crippen LogP contribution in [0.5, 0.6) is 5.75 Å². The van der Waals surface area contributed by atoms with Gasteiger partial charge in [0.1, 0.15) is 11.4 Å².